The maximum atomic E-state index is 13.0. The standard InChI is InChI=1S/C24H30ClN3O5S/c1-5-10-28(11-6-2)19(29)14-34-23-16(13-26)20(21(22(30)27-23)24(31)32-4)15-8-9-18(33-7-3)17(25)12-15/h8-9,12,20-21H,5-7,10-11,14H2,1-4H3,(H,27,30)/t20-,21-/m0/s1. The Labute approximate surface area is 209 Å². The molecule has 0 bridgehead atoms. The number of hydrogen-bond acceptors (Lipinski definition) is 7. The van der Waals surface area contributed by atoms with Crippen LogP contribution in [0.2, 0.25) is 5.02 Å². The van der Waals surface area contributed by atoms with Crippen molar-refractivity contribution in [2.24, 2.45) is 5.92 Å². The minimum Gasteiger partial charge on any atom is -0.492 e. The van der Waals surface area contributed by atoms with Crippen LogP contribution in [-0.4, -0.2) is 55.2 Å². The van der Waals surface area contributed by atoms with Gasteiger partial charge in [0.25, 0.3) is 0 Å². The van der Waals surface area contributed by atoms with Crippen LogP contribution >= 0.6 is 23.4 Å². The van der Waals surface area contributed by atoms with Gasteiger partial charge in [-0.2, -0.15) is 5.26 Å². The molecule has 1 heterocycles. The number of nitrogens with zero attached hydrogens (tertiary/aromatic N) is 2. The van der Waals surface area contributed by atoms with Crippen molar-refractivity contribution in [2.45, 2.75) is 39.5 Å². The molecule has 2 atom stereocenters. The highest BCUT2D eigenvalue weighted by molar-refractivity contribution is 8.03. The maximum absolute atomic E-state index is 13.0. The summed E-state index contributed by atoms with van der Waals surface area (Å²) in [5.41, 5.74) is 0.670. The predicted molar refractivity (Wildman–Crippen MR) is 131 cm³/mol. The van der Waals surface area contributed by atoms with Gasteiger partial charge in [0.05, 0.1) is 41.2 Å². The fourth-order valence-electron chi connectivity index (χ4n) is 3.79. The number of rotatable bonds is 11. The second kappa shape index (κ2) is 13.3. The third-order valence-corrected chi connectivity index (χ3v) is 6.58. The largest absolute Gasteiger partial charge is 0.492 e. The van der Waals surface area contributed by atoms with Gasteiger partial charge in [-0.25, -0.2) is 0 Å². The van der Waals surface area contributed by atoms with Crippen molar-refractivity contribution in [3.05, 3.63) is 39.4 Å². The quantitative estimate of drug-likeness (QED) is 0.358. The Morgan fingerprint density at radius 3 is 2.44 bits per heavy atom. The summed E-state index contributed by atoms with van der Waals surface area (Å²) in [6, 6.07) is 7.03. The van der Waals surface area contributed by atoms with E-state index >= 15 is 0 Å². The molecule has 184 valence electrons. The number of allylic oxidation sites excluding steroid dienone is 1. The average Bonchev–Trinajstić information content (AvgIpc) is 2.82. The molecule has 0 radical (unpaired) electrons. The number of hydrogen-bond donors (Lipinski definition) is 1. The summed E-state index contributed by atoms with van der Waals surface area (Å²) in [7, 11) is 1.19. The second-order valence-electron chi connectivity index (χ2n) is 7.61. The Morgan fingerprint density at radius 2 is 1.91 bits per heavy atom. The molecule has 10 heteroatoms. The number of nitrogens with one attached hydrogen (secondary N) is 1. The second-order valence-corrected chi connectivity index (χ2v) is 9.01. The van der Waals surface area contributed by atoms with E-state index in [1.165, 1.54) is 7.11 Å². The molecule has 2 amide bonds. The first-order valence-corrected chi connectivity index (χ1v) is 12.5. The van der Waals surface area contributed by atoms with Crippen molar-refractivity contribution in [2.75, 3.05) is 32.6 Å². The summed E-state index contributed by atoms with van der Waals surface area (Å²) in [6.45, 7) is 7.52. The first-order valence-electron chi connectivity index (χ1n) is 11.2. The zero-order valence-corrected chi connectivity index (χ0v) is 21.4. The van der Waals surface area contributed by atoms with Crippen LogP contribution in [0.1, 0.15) is 45.1 Å². The minimum absolute atomic E-state index is 0.0560. The predicted octanol–water partition coefficient (Wildman–Crippen LogP) is 3.86. The SMILES string of the molecule is CCCN(CCC)C(=O)CSC1=C(C#N)[C@H](c2ccc(OCC)c(Cl)c2)[C@H](C(=O)OC)C(=O)N1. The van der Waals surface area contributed by atoms with Gasteiger partial charge in [0, 0.05) is 19.0 Å². The van der Waals surface area contributed by atoms with Gasteiger partial charge in [-0.15, -0.1) is 0 Å². The van der Waals surface area contributed by atoms with Crippen LogP contribution in [0.15, 0.2) is 28.8 Å². The number of carbonyl (C=O) groups excluding carboxylic acids is 3. The van der Waals surface area contributed by atoms with Gasteiger partial charge in [0.1, 0.15) is 11.7 Å². The molecule has 0 aliphatic carbocycles. The van der Waals surface area contributed by atoms with Crippen LogP contribution < -0.4 is 10.1 Å². The number of nitriles is 1. The highest BCUT2D eigenvalue weighted by Gasteiger charge is 2.44. The van der Waals surface area contributed by atoms with Gasteiger partial charge in [-0.05, 0) is 37.5 Å². The maximum Gasteiger partial charge on any atom is 0.319 e. The Bertz CT molecular complexity index is 985. The number of amides is 2. The van der Waals surface area contributed by atoms with Crippen molar-refractivity contribution in [3.63, 3.8) is 0 Å². The van der Waals surface area contributed by atoms with Gasteiger partial charge < -0.3 is 19.7 Å². The van der Waals surface area contributed by atoms with Crippen molar-refractivity contribution < 1.29 is 23.9 Å². The summed E-state index contributed by atoms with van der Waals surface area (Å²) < 4.78 is 10.3. The molecule has 0 saturated carbocycles. The van der Waals surface area contributed by atoms with Crippen molar-refractivity contribution in [3.8, 4) is 11.8 Å². The van der Waals surface area contributed by atoms with Crippen LogP contribution in [0.4, 0.5) is 0 Å². The van der Waals surface area contributed by atoms with Crippen LogP contribution in [0.3, 0.4) is 0 Å². The monoisotopic (exact) mass is 507 g/mol. The molecule has 0 spiro atoms. The number of halogens is 1. The first kappa shape index (κ1) is 27.5. The molecule has 1 aliphatic heterocycles. The Hall–Kier alpha value is -2.70. The third-order valence-electron chi connectivity index (χ3n) is 5.28. The fourth-order valence-corrected chi connectivity index (χ4v) is 4.98. The van der Waals surface area contributed by atoms with Gasteiger partial charge in [-0.3, -0.25) is 14.4 Å². The summed E-state index contributed by atoms with van der Waals surface area (Å²) >= 11 is 7.43. The molecule has 0 saturated heterocycles. The van der Waals surface area contributed by atoms with Gasteiger partial charge >= 0.3 is 5.97 Å². The molecule has 1 N–H and O–H groups in total. The lowest BCUT2D eigenvalue weighted by molar-refractivity contribution is -0.150. The molecule has 2 rings (SSSR count). The van der Waals surface area contributed by atoms with Crippen LogP contribution in [0, 0.1) is 17.2 Å². The number of methoxy groups -OCH3 is 1. The van der Waals surface area contributed by atoms with E-state index in [1.807, 2.05) is 20.8 Å². The normalized spacial score (nSPS) is 17.6. The molecule has 1 aliphatic rings. The fraction of sp³-hybridized carbons (Fsp3) is 0.500. The van der Waals surface area contributed by atoms with E-state index in [4.69, 9.17) is 21.1 Å². The topological polar surface area (TPSA) is 109 Å². The Kier molecular flexibility index (Phi) is 10.7. The number of esters is 1. The van der Waals surface area contributed by atoms with Crippen molar-refractivity contribution in [1.29, 1.82) is 5.26 Å². The Morgan fingerprint density at radius 1 is 1.24 bits per heavy atom. The molecule has 0 unspecified atom stereocenters. The lowest BCUT2D eigenvalue weighted by Crippen LogP contribution is -2.44. The zero-order valence-electron chi connectivity index (χ0n) is 19.9. The smallest absolute Gasteiger partial charge is 0.319 e. The highest BCUT2D eigenvalue weighted by atomic mass is 35.5. The number of thioether (sulfide) groups is 1. The average molecular weight is 508 g/mol. The third kappa shape index (κ3) is 6.45. The van der Waals surface area contributed by atoms with Crippen LogP contribution in [0.25, 0.3) is 0 Å². The molecule has 8 nitrogen and oxygen atoms in total. The summed E-state index contributed by atoms with van der Waals surface area (Å²) in [6.07, 6.45) is 1.67. The number of benzene rings is 1. The van der Waals surface area contributed by atoms with Crippen LogP contribution in [-0.2, 0) is 19.1 Å². The van der Waals surface area contributed by atoms with E-state index in [2.05, 4.69) is 11.4 Å². The summed E-state index contributed by atoms with van der Waals surface area (Å²) in [5, 5.41) is 13.2. The molecule has 1 aromatic rings. The lowest BCUT2D eigenvalue weighted by atomic mass is 9.78. The van der Waals surface area contributed by atoms with E-state index in [0.29, 0.717) is 36.0 Å². The minimum atomic E-state index is -1.27. The summed E-state index contributed by atoms with van der Waals surface area (Å²) in [5.74, 6) is -3.13. The molecule has 1 aromatic carbocycles. The van der Waals surface area contributed by atoms with Crippen LogP contribution in [0.5, 0.6) is 5.75 Å². The van der Waals surface area contributed by atoms with E-state index in [1.54, 1.807) is 23.1 Å². The first-order chi connectivity index (χ1) is 16.3. The van der Waals surface area contributed by atoms with Gasteiger partial charge in [-0.1, -0.05) is 43.3 Å². The molecule has 0 aromatic heterocycles. The van der Waals surface area contributed by atoms with E-state index < -0.39 is 23.7 Å². The molecular weight excluding hydrogens is 478 g/mol. The molecular formula is C24H30ClN3O5S. The van der Waals surface area contributed by atoms with Crippen molar-refractivity contribution >= 4 is 41.1 Å². The molecule has 0 fully saturated rings. The number of carbonyl (C=O) groups is 3. The van der Waals surface area contributed by atoms with E-state index in [0.717, 1.165) is 24.6 Å². The van der Waals surface area contributed by atoms with Gasteiger partial charge in [0.2, 0.25) is 11.8 Å². The lowest BCUT2D eigenvalue weighted by Gasteiger charge is -2.31. The van der Waals surface area contributed by atoms with E-state index in [-0.39, 0.29) is 22.3 Å². The highest BCUT2D eigenvalue weighted by Crippen LogP contribution is 2.42. The Balaban J connectivity index is 2.46. The van der Waals surface area contributed by atoms with Gasteiger partial charge in [0.15, 0.2) is 0 Å². The summed E-state index contributed by atoms with van der Waals surface area (Å²) in [4.78, 5) is 40.0. The number of ether oxygens (including phenoxy) is 2. The van der Waals surface area contributed by atoms with E-state index in [9.17, 15) is 19.6 Å². The van der Waals surface area contributed by atoms with Crippen molar-refractivity contribution in [1.82, 2.24) is 10.2 Å². The zero-order chi connectivity index (χ0) is 25.3. The molecule has 34 heavy (non-hydrogen) atoms.